The molecule has 3 heteroatoms. The first kappa shape index (κ1) is 12.9. The third kappa shape index (κ3) is 3.22. The number of rotatable bonds is 6. The van der Waals surface area contributed by atoms with Crippen molar-refractivity contribution in [2.24, 2.45) is 0 Å². The van der Waals surface area contributed by atoms with Crippen molar-refractivity contribution in [1.82, 2.24) is 5.32 Å². The SMILES string of the molecule is CNCc1ccc(-c2ccc(CCOC)cc2)o1. The van der Waals surface area contributed by atoms with Gasteiger partial charge in [-0.25, -0.2) is 0 Å². The molecular weight excluding hydrogens is 226 g/mol. The summed E-state index contributed by atoms with van der Waals surface area (Å²) in [5.74, 6) is 1.87. The normalized spacial score (nSPS) is 10.8. The molecule has 0 spiro atoms. The lowest BCUT2D eigenvalue weighted by molar-refractivity contribution is 0.202. The van der Waals surface area contributed by atoms with Gasteiger partial charge < -0.3 is 14.5 Å². The van der Waals surface area contributed by atoms with Gasteiger partial charge in [-0.15, -0.1) is 0 Å². The molecular formula is C15H19NO2. The Bertz CT molecular complexity index is 473. The van der Waals surface area contributed by atoms with Crippen LogP contribution in [0.3, 0.4) is 0 Å². The highest BCUT2D eigenvalue weighted by molar-refractivity contribution is 5.57. The van der Waals surface area contributed by atoms with Crippen LogP contribution in [0.1, 0.15) is 11.3 Å². The van der Waals surface area contributed by atoms with Crippen LogP contribution in [-0.2, 0) is 17.7 Å². The zero-order valence-corrected chi connectivity index (χ0v) is 10.9. The van der Waals surface area contributed by atoms with Crippen molar-refractivity contribution in [2.45, 2.75) is 13.0 Å². The molecule has 1 aromatic heterocycles. The molecule has 2 rings (SSSR count). The smallest absolute Gasteiger partial charge is 0.134 e. The Kier molecular flexibility index (Phi) is 4.56. The molecule has 96 valence electrons. The highest BCUT2D eigenvalue weighted by atomic mass is 16.5. The predicted molar refractivity (Wildman–Crippen MR) is 72.5 cm³/mol. The molecule has 0 amide bonds. The summed E-state index contributed by atoms with van der Waals surface area (Å²) in [7, 11) is 3.63. The number of furan rings is 1. The summed E-state index contributed by atoms with van der Waals surface area (Å²) in [5.41, 5.74) is 2.39. The Labute approximate surface area is 108 Å². The van der Waals surface area contributed by atoms with Crippen molar-refractivity contribution >= 4 is 0 Å². The molecule has 0 saturated heterocycles. The van der Waals surface area contributed by atoms with Gasteiger partial charge in [0.05, 0.1) is 13.2 Å². The molecule has 0 saturated carbocycles. The maximum Gasteiger partial charge on any atom is 0.134 e. The number of hydrogen-bond acceptors (Lipinski definition) is 3. The Morgan fingerprint density at radius 2 is 1.89 bits per heavy atom. The minimum absolute atomic E-state index is 0.756. The summed E-state index contributed by atoms with van der Waals surface area (Å²) in [4.78, 5) is 0. The summed E-state index contributed by atoms with van der Waals surface area (Å²) in [6.45, 7) is 1.51. The number of ether oxygens (including phenoxy) is 1. The van der Waals surface area contributed by atoms with Gasteiger partial charge in [0, 0.05) is 12.7 Å². The third-order valence-electron chi connectivity index (χ3n) is 2.85. The second kappa shape index (κ2) is 6.38. The first-order valence-corrected chi connectivity index (χ1v) is 6.15. The average molecular weight is 245 g/mol. The van der Waals surface area contributed by atoms with Gasteiger partial charge in [-0.3, -0.25) is 0 Å². The molecule has 0 bridgehead atoms. The Morgan fingerprint density at radius 1 is 1.11 bits per heavy atom. The largest absolute Gasteiger partial charge is 0.460 e. The molecule has 3 nitrogen and oxygen atoms in total. The molecule has 18 heavy (non-hydrogen) atoms. The van der Waals surface area contributed by atoms with Crippen LogP contribution >= 0.6 is 0 Å². The van der Waals surface area contributed by atoms with Crippen LogP contribution in [0.25, 0.3) is 11.3 Å². The molecule has 2 aromatic rings. The van der Waals surface area contributed by atoms with Crippen LogP contribution in [0.2, 0.25) is 0 Å². The molecule has 1 N–H and O–H groups in total. The van der Waals surface area contributed by atoms with E-state index in [0.29, 0.717) is 0 Å². The fraction of sp³-hybridized carbons (Fsp3) is 0.333. The van der Waals surface area contributed by atoms with E-state index in [9.17, 15) is 0 Å². The van der Waals surface area contributed by atoms with Crippen LogP contribution in [0.15, 0.2) is 40.8 Å². The van der Waals surface area contributed by atoms with E-state index in [0.717, 1.165) is 36.7 Å². The molecule has 0 fully saturated rings. The van der Waals surface area contributed by atoms with E-state index in [1.54, 1.807) is 7.11 Å². The van der Waals surface area contributed by atoms with Gasteiger partial charge in [0.1, 0.15) is 11.5 Å². The van der Waals surface area contributed by atoms with Gasteiger partial charge in [0.25, 0.3) is 0 Å². The minimum atomic E-state index is 0.756. The molecule has 0 aliphatic carbocycles. The quantitative estimate of drug-likeness (QED) is 0.849. The third-order valence-corrected chi connectivity index (χ3v) is 2.85. The van der Waals surface area contributed by atoms with E-state index in [4.69, 9.17) is 9.15 Å². The van der Waals surface area contributed by atoms with Crippen molar-refractivity contribution in [3.63, 3.8) is 0 Å². The minimum Gasteiger partial charge on any atom is -0.460 e. The summed E-state index contributed by atoms with van der Waals surface area (Å²) >= 11 is 0. The molecule has 0 atom stereocenters. The Hall–Kier alpha value is -1.58. The highest BCUT2D eigenvalue weighted by Gasteiger charge is 2.04. The first-order chi connectivity index (χ1) is 8.83. The summed E-state index contributed by atoms with van der Waals surface area (Å²) in [5, 5.41) is 3.07. The van der Waals surface area contributed by atoms with Gasteiger partial charge >= 0.3 is 0 Å². The van der Waals surface area contributed by atoms with Gasteiger partial charge in [-0.2, -0.15) is 0 Å². The highest BCUT2D eigenvalue weighted by Crippen LogP contribution is 2.22. The van der Waals surface area contributed by atoms with E-state index in [1.807, 2.05) is 19.2 Å². The average Bonchev–Trinajstić information content (AvgIpc) is 2.86. The maximum absolute atomic E-state index is 5.74. The molecule has 1 aromatic carbocycles. The Morgan fingerprint density at radius 3 is 2.56 bits per heavy atom. The maximum atomic E-state index is 5.74. The zero-order valence-electron chi connectivity index (χ0n) is 10.9. The van der Waals surface area contributed by atoms with Gasteiger partial charge in [-0.05, 0) is 31.2 Å². The number of nitrogens with one attached hydrogen (secondary N) is 1. The fourth-order valence-electron chi connectivity index (χ4n) is 1.86. The molecule has 1 heterocycles. The van der Waals surface area contributed by atoms with Crippen LogP contribution < -0.4 is 5.32 Å². The number of hydrogen-bond donors (Lipinski definition) is 1. The predicted octanol–water partition coefficient (Wildman–Crippen LogP) is 2.85. The van der Waals surface area contributed by atoms with Crippen LogP contribution in [0, 0.1) is 0 Å². The molecule has 0 radical (unpaired) electrons. The standard InChI is InChI=1S/C15H19NO2/c1-16-11-14-7-8-15(18-14)13-5-3-12(4-6-13)9-10-17-2/h3-8,16H,9-11H2,1-2H3. The van der Waals surface area contributed by atoms with Crippen LogP contribution in [0.5, 0.6) is 0 Å². The second-order valence-corrected chi connectivity index (χ2v) is 4.24. The Balaban J connectivity index is 2.07. The molecule has 0 unspecified atom stereocenters. The van der Waals surface area contributed by atoms with Crippen molar-refractivity contribution in [3.05, 3.63) is 47.7 Å². The van der Waals surface area contributed by atoms with E-state index in [2.05, 4.69) is 29.6 Å². The molecule has 0 aliphatic heterocycles. The topological polar surface area (TPSA) is 34.4 Å². The fourth-order valence-corrected chi connectivity index (χ4v) is 1.86. The van der Waals surface area contributed by atoms with Crippen molar-refractivity contribution in [1.29, 1.82) is 0 Å². The zero-order chi connectivity index (χ0) is 12.8. The number of benzene rings is 1. The van der Waals surface area contributed by atoms with Crippen molar-refractivity contribution in [2.75, 3.05) is 20.8 Å². The summed E-state index contributed by atoms with van der Waals surface area (Å²) < 4.78 is 10.8. The number of methoxy groups -OCH3 is 1. The monoisotopic (exact) mass is 245 g/mol. The van der Waals surface area contributed by atoms with E-state index in [-0.39, 0.29) is 0 Å². The lowest BCUT2D eigenvalue weighted by Crippen LogP contribution is -2.03. The van der Waals surface area contributed by atoms with Crippen LogP contribution in [0.4, 0.5) is 0 Å². The van der Waals surface area contributed by atoms with Crippen molar-refractivity contribution in [3.8, 4) is 11.3 Å². The van der Waals surface area contributed by atoms with Gasteiger partial charge in [-0.1, -0.05) is 24.3 Å². The van der Waals surface area contributed by atoms with E-state index >= 15 is 0 Å². The van der Waals surface area contributed by atoms with E-state index in [1.165, 1.54) is 5.56 Å². The van der Waals surface area contributed by atoms with Gasteiger partial charge in [0.2, 0.25) is 0 Å². The summed E-state index contributed by atoms with van der Waals surface area (Å²) in [6, 6.07) is 12.4. The first-order valence-electron chi connectivity index (χ1n) is 6.15. The summed E-state index contributed by atoms with van der Waals surface area (Å²) in [6.07, 6.45) is 0.944. The van der Waals surface area contributed by atoms with Crippen molar-refractivity contribution < 1.29 is 9.15 Å². The molecule has 0 aliphatic rings. The van der Waals surface area contributed by atoms with Crippen LogP contribution in [-0.4, -0.2) is 20.8 Å². The van der Waals surface area contributed by atoms with Gasteiger partial charge in [0.15, 0.2) is 0 Å². The lowest BCUT2D eigenvalue weighted by Gasteiger charge is -2.02. The lowest BCUT2D eigenvalue weighted by atomic mass is 10.1. The van der Waals surface area contributed by atoms with E-state index < -0.39 is 0 Å². The second-order valence-electron chi connectivity index (χ2n) is 4.24.